The van der Waals surface area contributed by atoms with Gasteiger partial charge in [0.1, 0.15) is 11.5 Å². The van der Waals surface area contributed by atoms with E-state index >= 15 is 0 Å². The highest BCUT2D eigenvalue weighted by molar-refractivity contribution is 7.90. The molecule has 0 bridgehead atoms. The quantitative estimate of drug-likeness (QED) is 0.523. The van der Waals surface area contributed by atoms with Gasteiger partial charge in [-0.15, -0.1) is 0 Å². The van der Waals surface area contributed by atoms with Gasteiger partial charge in [-0.05, 0) is 36.8 Å². The van der Waals surface area contributed by atoms with Crippen LogP contribution >= 0.6 is 0 Å². The first-order chi connectivity index (χ1) is 13.0. The Hall–Kier alpha value is -3.19. The Bertz CT molecular complexity index is 1060. The molecule has 0 saturated heterocycles. The van der Waals surface area contributed by atoms with Crippen molar-refractivity contribution in [3.63, 3.8) is 0 Å². The number of nitrogens with one attached hydrogen (secondary N) is 1. The third kappa shape index (κ3) is 4.71. The third-order valence-electron chi connectivity index (χ3n) is 3.84. The van der Waals surface area contributed by atoms with E-state index in [0.29, 0.717) is 5.71 Å². The molecule has 0 fully saturated rings. The Morgan fingerprint density at radius 1 is 0.963 bits per heavy atom. The van der Waals surface area contributed by atoms with E-state index in [1.807, 2.05) is 30.3 Å². The second-order valence-corrected chi connectivity index (χ2v) is 7.83. The van der Waals surface area contributed by atoms with Crippen molar-refractivity contribution in [2.45, 2.75) is 17.6 Å². The molecule has 0 unspecified atom stereocenters. The summed E-state index contributed by atoms with van der Waals surface area (Å²) < 4.78 is 30.1. The highest BCUT2D eigenvalue weighted by Crippen LogP contribution is 2.18. The van der Waals surface area contributed by atoms with Crippen molar-refractivity contribution in [1.29, 1.82) is 0 Å². The lowest BCUT2D eigenvalue weighted by Gasteiger charge is -2.02. The first kappa shape index (κ1) is 18.6. The largest absolute Gasteiger partial charge is 0.455 e. The Labute approximate surface area is 157 Å². The van der Waals surface area contributed by atoms with Crippen LogP contribution in [0, 0.1) is 0 Å². The fourth-order valence-corrected chi connectivity index (χ4v) is 3.68. The maximum atomic E-state index is 12.4. The molecule has 7 heteroatoms. The van der Waals surface area contributed by atoms with E-state index in [-0.39, 0.29) is 22.2 Å². The van der Waals surface area contributed by atoms with Gasteiger partial charge in [0.15, 0.2) is 15.6 Å². The average Bonchev–Trinajstić information content (AvgIpc) is 3.15. The van der Waals surface area contributed by atoms with Gasteiger partial charge in [0, 0.05) is 0 Å². The first-order valence-corrected chi connectivity index (χ1v) is 9.87. The molecule has 1 amide bonds. The number of amides is 1. The van der Waals surface area contributed by atoms with E-state index in [0.717, 1.165) is 5.56 Å². The summed E-state index contributed by atoms with van der Waals surface area (Å²) in [4.78, 5) is 12.4. The standard InChI is InChI=1S/C20H18N2O4S/c1-15(16-8-4-2-5-9-16)21-22-20(23)19-13-12-17(26-19)14-27(24,25)18-10-6-3-7-11-18/h2-13H,14H2,1H3,(H,22,23)/b21-15-. The predicted molar refractivity (Wildman–Crippen MR) is 102 cm³/mol. The molecule has 6 nitrogen and oxygen atoms in total. The molecule has 0 aliphatic heterocycles. The Morgan fingerprint density at radius 3 is 2.26 bits per heavy atom. The number of nitrogens with zero attached hydrogens (tertiary/aromatic N) is 1. The summed E-state index contributed by atoms with van der Waals surface area (Å²) in [5, 5.41) is 4.04. The number of hydrogen-bond acceptors (Lipinski definition) is 5. The minimum atomic E-state index is -3.54. The first-order valence-electron chi connectivity index (χ1n) is 8.22. The summed E-state index contributed by atoms with van der Waals surface area (Å²) in [6.45, 7) is 1.77. The van der Waals surface area contributed by atoms with Crippen LogP contribution in [-0.2, 0) is 15.6 Å². The van der Waals surface area contributed by atoms with Gasteiger partial charge >= 0.3 is 5.91 Å². The van der Waals surface area contributed by atoms with Crippen molar-refractivity contribution in [2.75, 3.05) is 0 Å². The summed E-state index contributed by atoms with van der Waals surface area (Å²) in [7, 11) is -3.54. The van der Waals surface area contributed by atoms with Gasteiger partial charge in [-0.1, -0.05) is 48.5 Å². The van der Waals surface area contributed by atoms with E-state index in [1.54, 1.807) is 25.1 Å². The fraction of sp³-hybridized carbons (Fsp3) is 0.100. The highest BCUT2D eigenvalue weighted by atomic mass is 32.2. The number of hydrazone groups is 1. The minimum absolute atomic E-state index is 0.00197. The molecule has 0 atom stereocenters. The third-order valence-corrected chi connectivity index (χ3v) is 5.49. The van der Waals surface area contributed by atoms with Crippen molar-refractivity contribution in [3.05, 3.63) is 89.9 Å². The molecule has 0 radical (unpaired) electrons. The van der Waals surface area contributed by atoms with Crippen molar-refractivity contribution in [1.82, 2.24) is 5.43 Å². The molecule has 3 rings (SSSR count). The van der Waals surface area contributed by atoms with E-state index in [2.05, 4.69) is 10.5 Å². The topological polar surface area (TPSA) is 88.7 Å². The van der Waals surface area contributed by atoms with Crippen LogP contribution in [0.3, 0.4) is 0 Å². The molecular weight excluding hydrogens is 364 g/mol. The van der Waals surface area contributed by atoms with Crippen LogP contribution in [0.2, 0.25) is 0 Å². The number of benzene rings is 2. The van der Waals surface area contributed by atoms with E-state index in [4.69, 9.17) is 4.42 Å². The molecular formula is C20H18N2O4S. The lowest BCUT2D eigenvalue weighted by molar-refractivity contribution is 0.0925. The predicted octanol–water partition coefficient (Wildman–Crippen LogP) is 3.41. The van der Waals surface area contributed by atoms with Gasteiger partial charge in [0.2, 0.25) is 0 Å². The van der Waals surface area contributed by atoms with Crippen molar-refractivity contribution >= 4 is 21.5 Å². The maximum Gasteiger partial charge on any atom is 0.307 e. The Kier molecular flexibility index (Phi) is 5.52. The SMILES string of the molecule is C/C(=N/NC(=O)c1ccc(CS(=O)(=O)c2ccccc2)o1)c1ccccc1. The van der Waals surface area contributed by atoms with Crippen LogP contribution in [0.4, 0.5) is 0 Å². The van der Waals surface area contributed by atoms with E-state index in [9.17, 15) is 13.2 Å². The molecule has 2 aromatic carbocycles. The lowest BCUT2D eigenvalue weighted by Crippen LogP contribution is -2.18. The monoisotopic (exact) mass is 382 g/mol. The van der Waals surface area contributed by atoms with Crippen molar-refractivity contribution in [3.8, 4) is 0 Å². The number of hydrogen-bond donors (Lipinski definition) is 1. The van der Waals surface area contributed by atoms with Gasteiger partial charge in [-0.3, -0.25) is 4.79 Å². The van der Waals surface area contributed by atoms with Crippen LogP contribution in [-0.4, -0.2) is 20.0 Å². The summed E-state index contributed by atoms with van der Waals surface area (Å²) >= 11 is 0. The van der Waals surface area contributed by atoms with Gasteiger partial charge in [-0.25, -0.2) is 13.8 Å². The maximum absolute atomic E-state index is 12.4. The van der Waals surface area contributed by atoms with Gasteiger partial charge in [0.05, 0.1) is 10.6 Å². The van der Waals surface area contributed by atoms with Crippen LogP contribution in [0.25, 0.3) is 0 Å². The minimum Gasteiger partial charge on any atom is -0.455 e. The summed E-state index contributed by atoms with van der Waals surface area (Å²) in [6.07, 6.45) is 0. The molecule has 0 saturated carbocycles. The van der Waals surface area contributed by atoms with Crippen LogP contribution in [0.15, 0.2) is 87.2 Å². The summed E-state index contributed by atoms with van der Waals surface area (Å²) in [5.41, 5.74) is 3.93. The van der Waals surface area contributed by atoms with Gasteiger partial charge in [0.25, 0.3) is 0 Å². The van der Waals surface area contributed by atoms with Gasteiger partial charge in [-0.2, -0.15) is 5.10 Å². The molecule has 27 heavy (non-hydrogen) atoms. The number of carbonyl (C=O) groups is 1. The highest BCUT2D eigenvalue weighted by Gasteiger charge is 2.19. The van der Waals surface area contributed by atoms with E-state index < -0.39 is 15.7 Å². The zero-order valence-corrected chi connectivity index (χ0v) is 15.4. The van der Waals surface area contributed by atoms with Crippen molar-refractivity contribution < 1.29 is 17.6 Å². The molecule has 1 N–H and O–H groups in total. The Morgan fingerprint density at radius 2 is 1.59 bits per heavy atom. The molecule has 3 aromatic rings. The number of carbonyl (C=O) groups excluding carboxylic acids is 1. The molecule has 138 valence electrons. The van der Waals surface area contributed by atoms with Crippen LogP contribution < -0.4 is 5.43 Å². The molecule has 1 heterocycles. The van der Waals surface area contributed by atoms with Crippen molar-refractivity contribution in [2.24, 2.45) is 5.10 Å². The number of sulfone groups is 1. The normalized spacial score (nSPS) is 12.0. The number of furan rings is 1. The fourth-order valence-electron chi connectivity index (χ4n) is 2.41. The summed E-state index contributed by atoms with van der Waals surface area (Å²) in [6, 6.07) is 20.4. The lowest BCUT2D eigenvalue weighted by atomic mass is 10.1. The molecule has 0 aliphatic carbocycles. The van der Waals surface area contributed by atoms with Crippen LogP contribution in [0.1, 0.15) is 28.8 Å². The zero-order valence-electron chi connectivity index (χ0n) is 14.6. The average molecular weight is 382 g/mol. The molecule has 0 spiro atoms. The molecule has 0 aliphatic rings. The molecule has 1 aromatic heterocycles. The van der Waals surface area contributed by atoms with Crippen LogP contribution in [0.5, 0.6) is 0 Å². The Balaban J connectivity index is 1.68. The van der Waals surface area contributed by atoms with E-state index in [1.165, 1.54) is 24.3 Å². The zero-order chi connectivity index (χ0) is 19.3. The number of rotatable bonds is 6. The second-order valence-electron chi connectivity index (χ2n) is 5.84. The van der Waals surface area contributed by atoms with Gasteiger partial charge < -0.3 is 4.42 Å². The smallest absolute Gasteiger partial charge is 0.307 e. The summed E-state index contributed by atoms with van der Waals surface area (Å²) in [5.74, 6) is -0.685. The second kappa shape index (κ2) is 8.01.